The Morgan fingerprint density at radius 1 is 0.826 bits per heavy atom. The van der Waals surface area contributed by atoms with Crippen molar-refractivity contribution in [3.8, 4) is 23.0 Å². The van der Waals surface area contributed by atoms with Crippen LogP contribution >= 0.6 is 0 Å². The zero-order valence-electron chi connectivity index (χ0n) is 12.8. The lowest BCUT2D eigenvalue weighted by Crippen LogP contribution is -2.05. The van der Waals surface area contributed by atoms with Crippen LogP contribution in [0.1, 0.15) is 13.8 Å². The molecule has 0 unspecified atom stereocenters. The van der Waals surface area contributed by atoms with E-state index in [1.165, 1.54) is 36.4 Å². The number of ether oxygens (including phenoxy) is 2. The van der Waals surface area contributed by atoms with Gasteiger partial charge in [-0.2, -0.15) is 0 Å². The molecule has 0 radical (unpaired) electrons. The molecule has 2 rings (SSSR count). The first-order valence-electron chi connectivity index (χ1n) is 7.08. The van der Waals surface area contributed by atoms with Gasteiger partial charge in [0, 0.05) is 0 Å². The summed E-state index contributed by atoms with van der Waals surface area (Å²) in [5.74, 6) is -0.853. The van der Waals surface area contributed by atoms with Gasteiger partial charge in [-0.05, 0) is 38.1 Å². The highest BCUT2D eigenvalue weighted by Crippen LogP contribution is 2.41. The molecule has 2 aromatic rings. The molecule has 124 valence electrons. The highest BCUT2D eigenvalue weighted by molar-refractivity contribution is 7.91. The molecule has 0 amide bonds. The fourth-order valence-electron chi connectivity index (χ4n) is 2.10. The van der Waals surface area contributed by atoms with Gasteiger partial charge in [0.15, 0.2) is 23.0 Å². The predicted molar refractivity (Wildman–Crippen MR) is 84.0 cm³/mol. The van der Waals surface area contributed by atoms with E-state index in [9.17, 15) is 18.6 Å². The molecule has 0 spiro atoms. The lowest BCUT2D eigenvalue weighted by molar-refractivity contribution is 0.313. The Kier molecular flexibility index (Phi) is 5.00. The van der Waals surface area contributed by atoms with Crippen LogP contribution in [0, 0.1) is 0 Å². The van der Waals surface area contributed by atoms with Crippen molar-refractivity contribution in [2.24, 2.45) is 0 Å². The Balaban J connectivity index is 2.60. The largest absolute Gasteiger partial charge is 0.503 e. The number of sulfone groups is 1. The number of hydrogen-bond donors (Lipinski definition) is 2. The molecule has 0 heterocycles. The number of benzene rings is 2. The molecule has 0 fully saturated rings. The molecule has 0 atom stereocenters. The summed E-state index contributed by atoms with van der Waals surface area (Å²) in [6.07, 6.45) is 0. The van der Waals surface area contributed by atoms with Crippen LogP contribution in [-0.4, -0.2) is 31.8 Å². The van der Waals surface area contributed by atoms with E-state index in [2.05, 4.69) is 0 Å². The fourth-order valence-corrected chi connectivity index (χ4v) is 3.56. The first-order valence-corrected chi connectivity index (χ1v) is 8.56. The first kappa shape index (κ1) is 17.0. The minimum atomic E-state index is -4.14. The molecule has 2 N–H and O–H groups in total. The molecule has 0 saturated carbocycles. The van der Waals surface area contributed by atoms with Crippen molar-refractivity contribution in [3.63, 3.8) is 0 Å². The maximum atomic E-state index is 12.8. The summed E-state index contributed by atoms with van der Waals surface area (Å²) in [5.41, 5.74) is 0. The van der Waals surface area contributed by atoms with Crippen LogP contribution in [0.4, 0.5) is 0 Å². The molecule has 0 aliphatic heterocycles. The van der Waals surface area contributed by atoms with Gasteiger partial charge >= 0.3 is 0 Å². The Morgan fingerprint density at radius 2 is 1.22 bits per heavy atom. The summed E-state index contributed by atoms with van der Waals surface area (Å²) in [5, 5.41) is 20.3. The normalized spacial score (nSPS) is 11.2. The van der Waals surface area contributed by atoms with Crippen LogP contribution < -0.4 is 9.47 Å². The third-order valence-electron chi connectivity index (χ3n) is 3.10. The smallest absolute Gasteiger partial charge is 0.214 e. The van der Waals surface area contributed by atoms with E-state index in [-0.39, 0.29) is 34.5 Å². The Morgan fingerprint density at radius 3 is 1.57 bits per heavy atom. The molecular weight excluding hydrogens is 320 g/mol. The predicted octanol–water partition coefficient (Wildman–Crippen LogP) is 2.73. The number of para-hydroxylation sites is 2. The van der Waals surface area contributed by atoms with Crippen molar-refractivity contribution >= 4 is 9.84 Å². The standard InChI is InChI=1S/C16H18O6S/c1-3-21-11-7-5-9-13(15(11)17)23(19,20)14-10-6-8-12(16(14)18)22-4-2/h5-10,17-18H,3-4H2,1-2H3. The van der Waals surface area contributed by atoms with Crippen LogP contribution in [0.25, 0.3) is 0 Å². The summed E-state index contributed by atoms with van der Waals surface area (Å²) >= 11 is 0. The number of aromatic hydroxyl groups is 2. The average molecular weight is 338 g/mol. The molecule has 0 bridgehead atoms. The zero-order valence-corrected chi connectivity index (χ0v) is 13.6. The second-order valence-corrected chi connectivity index (χ2v) is 6.46. The van der Waals surface area contributed by atoms with E-state index in [0.717, 1.165) is 0 Å². The maximum Gasteiger partial charge on any atom is 0.214 e. The van der Waals surface area contributed by atoms with Gasteiger partial charge in [-0.15, -0.1) is 0 Å². The molecule has 6 nitrogen and oxygen atoms in total. The lowest BCUT2D eigenvalue weighted by Gasteiger charge is -2.13. The van der Waals surface area contributed by atoms with Crippen molar-refractivity contribution in [3.05, 3.63) is 36.4 Å². The molecule has 0 aliphatic rings. The Bertz CT molecular complexity index is 737. The topological polar surface area (TPSA) is 93.1 Å². The quantitative estimate of drug-likeness (QED) is 0.841. The zero-order chi connectivity index (χ0) is 17.0. The van der Waals surface area contributed by atoms with E-state index in [4.69, 9.17) is 9.47 Å². The van der Waals surface area contributed by atoms with Gasteiger partial charge in [-0.1, -0.05) is 12.1 Å². The van der Waals surface area contributed by atoms with E-state index >= 15 is 0 Å². The molecule has 0 aliphatic carbocycles. The molecule has 7 heteroatoms. The first-order chi connectivity index (χ1) is 10.9. The molecule has 23 heavy (non-hydrogen) atoms. The highest BCUT2D eigenvalue weighted by Gasteiger charge is 2.27. The van der Waals surface area contributed by atoms with Crippen LogP contribution in [0.15, 0.2) is 46.2 Å². The van der Waals surface area contributed by atoms with Crippen molar-refractivity contribution in [2.75, 3.05) is 13.2 Å². The minimum absolute atomic E-state index is 0.0639. The maximum absolute atomic E-state index is 12.8. The second-order valence-electron chi connectivity index (χ2n) is 4.58. The SMILES string of the molecule is CCOc1cccc(S(=O)(=O)c2cccc(OCC)c2O)c1O. The Hall–Kier alpha value is -2.41. The third kappa shape index (κ3) is 3.19. The van der Waals surface area contributed by atoms with Gasteiger partial charge in [0.05, 0.1) is 13.2 Å². The molecule has 2 aromatic carbocycles. The fraction of sp³-hybridized carbons (Fsp3) is 0.250. The van der Waals surface area contributed by atoms with Crippen LogP contribution in [0.2, 0.25) is 0 Å². The van der Waals surface area contributed by atoms with Crippen LogP contribution in [0.3, 0.4) is 0 Å². The van der Waals surface area contributed by atoms with Crippen LogP contribution in [0.5, 0.6) is 23.0 Å². The van der Waals surface area contributed by atoms with E-state index in [1.807, 2.05) is 0 Å². The number of rotatable bonds is 6. The van der Waals surface area contributed by atoms with Crippen molar-refractivity contribution in [2.45, 2.75) is 23.6 Å². The van der Waals surface area contributed by atoms with E-state index in [1.54, 1.807) is 13.8 Å². The highest BCUT2D eigenvalue weighted by atomic mass is 32.2. The Labute approximate surface area is 134 Å². The molecule has 0 saturated heterocycles. The van der Waals surface area contributed by atoms with Gasteiger partial charge < -0.3 is 19.7 Å². The summed E-state index contributed by atoms with van der Waals surface area (Å²) in [6, 6.07) is 8.35. The van der Waals surface area contributed by atoms with Crippen LogP contribution in [-0.2, 0) is 9.84 Å². The van der Waals surface area contributed by atoms with E-state index < -0.39 is 21.3 Å². The molecular formula is C16H18O6S. The van der Waals surface area contributed by atoms with Gasteiger partial charge in [0.2, 0.25) is 9.84 Å². The van der Waals surface area contributed by atoms with Gasteiger partial charge in [-0.25, -0.2) is 8.42 Å². The monoisotopic (exact) mass is 338 g/mol. The minimum Gasteiger partial charge on any atom is -0.503 e. The summed E-state index contributed by atoms with van der Waals surface area (Å²) in [4.78, 5) is -0.681. The van der Waals surface area contributed by atoms with Gasteiger partial charge in [0.1, 0.15) is 9.79 Å². The third-order valence-corrected chi connectivity index (χ3v) is 4.92. The molecule has 0 aromatic heterocycles. The lowest BCUT2D eigenvalue weighted by atomic mass is 10.3. The number of phenols is 2. The van der Waals surface area contributed by atoms with Gasteiger partial charge in [-0.3, -0.25) is 0 Å². The number of hydrogen-bond acceptors (Lipinski definition) is 6. The summed E-state index contributed by atoms with van der Waals surface area (Å²) in [7, 11) is -4.14. The van der Waals surface area contributed by atoms with Crippen molar-refractivity contribution in [1.29, 1.82) is 0 Å². The average Bonchev–Trinajstić information content (AvgIpc) is 2.51. The summed E-state index contributed by atoms with van der Waals surface area (Å²) in [6.45, 7) is 4.00. The second kappa shape index (κ2) is 6.78. The van der Waals surface area contributed by atoms with E-state index in [0.29, 0.717) is 0 Å². The number of phenolic OH excluding ortho intramolecular Hbond substituents is 2. The van der Waals surface area contributed by atoms with Crippen molar-refractivity contribution in [1.82, 2.24) is 0 Å². The van der Waals surface area contributed by atoms with Gasteiger partial charge in [0.25, 0.3) is 0 Å². The van der Waals surface area contributed by atoms with Crippen molar-refractivity contribution < 1.29 is 28.1 Å². The summed E-state index contributed by atoms with van der Waals surface area (Å²) < 4.78 is 35.9.